The molecule has 0 unspecified atom stereocenters. The van der Waals surface area contributed by atoms with Gasteiger partial charge in [-0.2, -0.15) is 4.31 Å². The SMILES string of the molecule is COc1ccc(S(=O)(=O)C2CN(S(=O)(=O)c3ccc4oc(=O)n(C)c4c3)C2)cc1. The molecular weight excluding hydrogens is 420 g/mol. The molecule has 0 spiro atoms. The van der Waals surface area contributed by atoms with Gasteiger partial charge in [-0.15, -0.1) is 0 Å². The van der Waals surface area contributed by atoms with Gasteiger partial charge in [-0.25, -0.2) is 21.6 Å². The fraction of sp³-hybridized carbons (Fsp3) is 0.278. The molecule has 0 radical (unpaired) electrons. The molecule has 2 aromatic carbocycles. The van der Waals surface area contributed by atoms with E-state index in [0.717, 1.165) is 4.31 Å². The largest absolute Gasteiger partial charge is 0.497 e. The smallest absolute Gasteiger partial charge is 0.419 e. The Kier molecular flexibility index (Phi) is 4.56. The standard InChI is InChI=1S/C18H18N2O7S2/c1-19-16-9-14(7-8-17(16)27-18(19)21)29(24,25)20-10-15(11-20)28(22,23)13-5-3-12(26-2)4-6-13/h3-9,15H,10-11H2,1-2H3. The first-order valence-electron chi connectivity index (χ1n) is 8.62. The van der Waals surface area contributed by atoms with Crippen LogP contribution in [-0.4, -0.2) is 51.2 Å². The van der Waals surface area contributed by atoms with Crippen LogP contribution in [0, 0.1) is 0 Å². The van der Waals surface area contributed by atoms with Gasteiger partial charge >= 0.3 is 5.76 Å². The fourth-order valence-electron chi connectivity index (χ4n) is 3.17. The lowest BCUT2D eigenvalue weighted by Crippen LogP contribution is -2.56. The summed E-state index contributed by atoms with van der Waals surface area (Å²) in [6.45, 7) is -0.280. The Balaban J connectivity index is 1.56. The summed E-state index contributed by atoms with van der Waals surface area (Å²) in [4.78, 5) is 11.7. The number of aromatic nitrogens is 1. The minimum Gasteiger partial charge on any atom is -0.497 e. The first-order chi connectivity index (χ1) is 13.6. The molecule has 29 heavy (non-hydrogen) atoms. The van der Waals surface area contributed by atoms with Gasteiger partial charge < -0.3 is 9.15 Å². The molecular formula is C18H18N2O7S2. The number of sulfone groups is 1. The number of aryl methyl sites for hydroxylation is 1. The second-order valence-corrected chi connectivity index (χ2v) is 10.9. The van der Waals surface area contributed by atoms with Crippen LogP contribution in [0.4, 0.5) is 0 Å². The Bertz CT molecular complexity index is 1350. The summed E-state index contributed by atoms with van der Waals surface area (Å²) >= 11 is 0. The molecule has 1 aromatic heterocycles. The molecule has 1 fully saturated rings. The van der Waals surface area contributed by atoms with Gasteiger partial charge in [0.25, 0.3) is 0 Å². The van der Waals surface area contributed by atoms with Crippen LogP contribution in [0.15, 0.2) is 61.5 Å². The van der Waals surface area contributed by atoms with Gasteiger partial charge in [-0.05, 0) is 42.5 Å². The molecule has 1 aliphatic rings. The van der Waals surface area contributed by atoms with Gasteiger partial charge in [0.2, 0.25) is 10.0 Å². The van der Waals surface area contributed by atoms with Crippen molar-refractivity contribution in [3.05, 3.63) is 53.0 Å². The molecule has 0 bridgehead atoms. The topological polar surface area (TPSA) is 116 Å². The average Bonchev–Trinajstić information content (AvgIpc) is 2.93. The molecule has 0 aliphatic carbocycles. The number of rotatable bonds is 5. The summed E-state index contributed by atoms with van der Waals surface area (Å²) in [5.41, 5.74) is 0.624. The third kappa shape index (κ3) is 3.15. The van der Waals surface area contributed by atoms with Crippen molar-refractivity contribution in [1.29, 1.82) is 0 Å². The Hall–Kier alpha value is -2.63. The maximum atomic E-state index is 12.9. The Morgan fingerprint density at radius 2 is 1.62 bits per heavy atom. The average molecular weight is 438 g/mol. The molecule has 4 rings (SSSR count). The predicted octanol–water partition coefficient (Wildman–Crippen LogP) is 0.987. The Morgan fingerprint density at radius 3 is 2.24 bits per heavy atom. The highest BCUT2D eigenvalue weighted by Crippen LogP contribution is 2.30. The van der Waals surface area contributed by atoms with E-state index in [9.17, 15) is 21.6 Å². The minimum atomic E-state index is -3.90. The normalized spacial score (nSPS) is 16.1. The Morgan fingerprint density at radius 1 is 1.00 bits per heavy atom. The van der Waals surface area contributed by atoms with Crippen molar-refractivity contribution in [2.24, 2.45) is 7.05 Å². The third-order valence-electron chi connectivity index (χ3n) is 5.04. The van der Waals surface area contributed by atoms with E-state index in [1.165, 1.54) is 49.1 Å². The maximum absolute atomic E-state index is 12.9. The van der Waals surface area contributed by atoms with Crippen molar-refractivity contribution >= 4 is 31.0 Å². The number of sulfonamides is 1. The number of methoxy groups -OCH3 is 1. The van der Waals surface area contributed by atoms with Crippen LogP contribution in [0.25, 0.3) is 11.1 Å². The van der Waals surface area contributed by atoms with Gasteiger partial charge in [-0.3, -0.25) is 4.57 Å². The van der Waals surface area contributed by atoms with E-state index in [1.54, 1.807) is 12.1 Å². The number of fused-ring (bicyclic) bond motifs is 1. The molecule has 0 amide bonds. The molecule has 1 aliphatic heterocycles. The van der Waals surface area contributed by atoms with E-state index in [-0.39, 0.29) is 28.5 Å². The Labute approximate surface area is 167 Å². The number of benzene rings is 2. The summed E-state index contributed by atoms with van der Waals surface area (Å²) in [6.07, 6.45) is 0. The molecule has 9 nitrogen and oxygen atoms in total. The molecule has 11 heteroatoms. The maximum Gasteiger partial charge on any atom is 0.419 e. The highest BCUT2D eigenvalue weighted by molar-refractivity contribution is 7.92. The number of nitrogens with zero attached hydrogens (tertiary/aromatic N) is 2. The van der Waals surface area contributed by atoms with E-state index >= 15 is 0 Å². The number of ether oxygens (including phenoxy) is 1. The van der Waals surface area contributed by atoms with Crippen LogP contribution in [0.3, 0.4) is 0 Å². The number of hydrogen-bond donors (Lipinski definition) is 0. The molecule has 0 atom stereocenters. The van der Waals surface area contributed by atoms with Crippen LogP contribution in [0.1, 0.15) is 0 Å². The first kappa shape index (κ1) is 19.7. The van der Waals surface area contributed by atoms with E-state index in [1.807, 2.05) is 0 Å². The summed E-state index contributed by atoms with van der Waals surface area (Å²) in [7, 11) is -4.60. The summed E-state index contributed by atoms with van der Waals surface area (Å²) < 4.78 is 63.5. The molecule has 2 heterocycles. The molecule has 0 N–H and O–H groups in total. The zero-order chi connectivity index (χ0) is 21.0. The van der Waals surface area contributed by atoms with Crippen molar-refractivity contribution in [2.75, 3.05) is 20.2 Å². The lowest BCUT2D eigenvalue weighted by atomic mass is 10.3. The lowest BCUT2D eigenvalue weighted by molar-refractivity contribution is 0.309. The van der Waals surface area contributed by atoms with Gasteiger partial charge in [0.05, 0.1) is 27.7 Å². The van der Waals surface area contributed by atoms with E-state index < -0.39 is 30.9 Å². The molecule has 3 aromatic rings. The van der Waals surface area contributed by atoms with Gasteiger partial charge in [-0.1, -0.05) is 0 Å². The van der Waals surface area contributed by atoms with Crippen molar-refractivity contribution in [3.63, 3.8) is 0 Å². The monoisotopic (exact) mass is 438 g/mol. The van der Waals surface area contributed by atoms with Gasteiger partial charge in [0.15, 0.2) is 15.4 Å². The van der Waals surface area contributed by atoms with Crippen molar-refractivity contribution in [3.8, 4) is 5.75 Å². The van der Waals surface area contributed by atoms with E-state index in [0.29, 0.717) is 11.3 Å². The molecule has 0 saturated carbocycles. The third-order valence-corrected chi connectivity index (χ3v) is 8.97. The van der Waals surface area contributed by atoms with Gasteiger partial charge in [0.1, 0.15) is 5.75 Å². The van der Waals surface area contributed by atoms with E-state index in [2.05, 4.69) is 0 Å². The quantitative estimate of drug-likeness (QED) is 0.583. The number of oxazole rings is 1. The molecule has 154 valence electrons. The van der Waals surface area contributed by atoms with Crippen LogP contribution in [0.5, 0.6) is 5.75 Å². The molecule has 1 saturated heterocycles. The predicted molar refractivity (Wildman–Crippen MR) is 104 cm³/mol. The van der Waals surface area contributed by atoms with Crippen LogP contribution in [-0.2, 0) is 26.9 Å². The lowest BCUT2D eigenvalue weighted by Gasteiger charge is -2.37. The minimum absolute atomic E-state index is 0.0262. The zero-order valence-electron chi connectivity index (χ0n) is 15.6. The first-order valence-corrected chi connectivity index (χ1v) is 11.6. The van der Waals surface area contributed by atoms with Crippen molar-refractivity contribution < 1.29 is 26.0 Å². The second-order valence-electron chi connectivity index (χ2n) is 6.72. The summed E-state index contributed by atoms with van der Waals surface area (Å²) in [5.74, 6) is -0.0602. The summed E-state index contributed by atoms with van der Waals surface area (Å²) in [6, 6.07) is 10.1. The van der Waals surface area contributed by atoms with Gasteiger partial charge in [0, 0.05) is 20.1 Å². The van der Waals surface area contributed by atoms with Crippen LogP contribution < -0.4 is 10.5 Å². The van der Waals surface area contributed by atoms with Crippen molar-refractivity contribution in [2.45, 2.75) is 15.0 Å². The second kappa shape index (κ2) is 6.71. The highest BCUT2D eigenvalue weighted by atomic mass is 32.2. The fourth-order valence-corrected chi connectivity index (χ4v) is 6.56. The highest BCUT2D eigenvalue weighted by Gasteiger charge is 2.44. The zero-order valence-corrected chi connectivity index (χ0v) is 17.2. The van der Waals surface area contributed by atoms with Crippen LogP contribution >= 0.6 is 0 Å². The van der Waals surface area contributed by atoms with E-state index in [4.69, 9.17) is 9.15 Å². The summed E-state index contributed by atoms with van der Waals surface area (Å²) in [5, 5.41) is -0.826. The van der Waals surface area contributed by atoms with Crippen LogP contribution in [0.2, 0.25) is 0 Å². The van der Waals surface area contributed by atoms with Crippen molar-refractivity contribution in [1.82, 2.24) is 8.87 Å². The number of hydrogen-bond acceptors (Lipinski definition) is 7.